The highest BCUT2D eigenvalue weighted by atomic mass is 16.3. The highest BCUT2D eigenvalue weighted by molar-refractivity contribution is 5.98. The third kappa shape index (κ3) is 0.950. The van der Waals surface area contributed by atoms with Gasteiger partial charge in [0.2, 0.25) is 5.91 Å². The number of aliphatic hydroxyl groups is 1. The summed E-state index contributed by atoms with van der Waals surface area (Å²) in [6.45, 7) is 2.18. The molecular weight excluding hydrogens is 170 g/mol. The van der Waals surface area contributed by atoms with E-state index in [1.807, 2.05) is 0 Å². The molecule has 1 N–H and O–H groups in total. The van der Waals surface area contributed by atoms with E-state index >= 15 is 0 Å². The largest absolute Gasteiger partial charge is 0.371 e. The normalized spacial score (nSPS) is 43.8. The molecule has 0 aromatic heterocycles. The molecule has 0 aliphatic carbocycles. The van der Waals surface area contributed by atoms with Crippen LogP contribution in [0.3, 0.4) is 0 Å². The molecule has 13 heavy (non-hydrogen) atoms. The van der Waals surface area contributed by atoms with Gasteiger partial charge in [-0.15, -0.1) is 0 Å². The molecule has 1 unspecified atom stereocenters. The van der Waals surface area contributed by atoms with Gasteiger partial charge in [-0.3, -0.25) is 4.79 Å². The summed E-state index contributed by atoms with van der Waals surface area (Å²) < 4.78 is 0. The Balaban J connectivity index is 2.36. The second-order valence-electron chi connectivity index (χ2n) is 4.25. The monoisotopic (exact) mass is 183 g/mol. The molecule has 4 heteroatoms. The molecule has 0 spiro atoms. The molecule has 0 radical (unpaired) electrons. The molecule has 0 aromatic carbocycles. The Kier molecular flexibility index (Phi) is 1.55. The summed E-state index contributed by atoms with van der Waals surface area (Å²) in [4.78, 5) is 23.9. The zero-order valence-electron chi connectivity index (χ0n) is 7.62. The smallest absolute Gasteiger partial charge is 0.238 e. The summed E-state index contributed by atoms with van der Waals surface area (Å²) in [5.41, 5.74) is -2.03. The van der Waals surface area contributed by atoms with Crippen LogP contribution < -0.4 is 0 Å². The molecule has 2 atom stereocenters. The number of hydrogen-bond acceptors (Lipinski definition) is 3. The molecular formula is C9H13NO3. The predicted octanol–water partition coefficient (Wildman–Crippen LogP) is -0.0937. The topological polar surface area (TPSA) is 57.6 Å². The van der Waals surface area contributed by atoms with Gasteiger partial charge in [-0.25, -0.2) is 0 Å². The number of amides is 1. The SMILES string of the molecule is CC1(C=O)C[C@]2(O)CCCN2C1=O. The number of rotatable bonds is 1. The molecule has 2 aliphatic heterocycles. The number of aldehydes is 1. The van der Waals surface area contributed by atoms with Gasteiger partial charge in [-0.05, 0) is 19.8 Å². The highest BCUT2D eigenvalue weighted by Crippen LogP contribution is 2.45. The summed E-state index contributed by atoms with van der Waals surface area (Å²) in [5, 5.41) is 10.0. The molecule has 72 valence electrons. The first-order chi connectivity index (χ1) is 6.02. The van der Waals surface area contributed by atoms with Crippen molar-refractivity contribution in [2.45, 2.75) is 31.9 Å². The predicted molar refractivity (Wildman–Crippen MR) is 44.7 cm³/mol. The molecule has 2 heterocycles. The van der Waals surface area contributed by atoms with Gasteiger partial charge >= 0.3 is 0 Å². The number of carbonyl (C=O) groups is 2. The lowest BCUT2D eigenvalue weighted by atomic mass is 9.86. The maximum absolute atomic E-state index is 11.7. The molecule has 0 saturated carbocycles. The molecule has 2 rings (SSSR count). The van der Waals surface area contributed by atoms with Crippen LogP contribution in [0, 0.1) is 5.41 Å². The van der Waals surface area contributed by atoms with Crippen LogP contribution in [-0.2, 0) is 9.59 Å². The van der Waals surface area contributed by atoms with Gasteiger partial charge < -0.3 is 14.8 Å². The summed E-state index contributed by atoms with van der Waals surface area (Å²) in [7, 11) is 0. The molecule has 0 bridgehead atoms. The Morgan fingerprint density at radius 2 is 2.31 bits per heavy atom. The van der Waals surface area contributed by atoms with Gasteiger partial charge in [0.15, 0.2) is 0 Å². The first-order valence-electron chi connectivity index (χ1n) is 4.53. The average Bonchev–Trinajstić information content (AvgIpc) is 2.51. The summed E-state index contributed by atoms with van der Waals surface area (Å²) in [5.74, 6) is -0.220. The summed E-state index contributed by atoms with van der Waals surface area (Å²) in [6, 6.07) is 0. The Bertz CT molecular complexity index is 278. The molecule has 2 aliphatic rings. The van der Waals surface area contributed by atoms with Crippen molar-refractivity contribution >= 4 is 12.2 Å². The third-order valence-electron chi connectivity index (χ3n) is 3.11. The molecule has 4 nitrogen and oxygen atoms in total. The van der Waals surface area contributed by atoms with Crippen LogP contribution in [0.15, 0.2) is 0 Å². The number of hydrogen-bond donors (Lipinski definition) is 1. The van der Waals surface area contributed by atoms with Crippen molar-refractivity contribution < 1.29 is 14.7 Å². The van der Waals surface area contributed by atoms with Gasteiger partial charge in [0.05, 0.1) is 0 Å². The van der Waals surface area contributed by atoms with Gasteiger partial charge in [-0.2, -0.15) is 0 Å². The Morgan fingerprint density at radius 1 is 1.62 bits per heavy atom. The van der Waals surface area contributed by atoms with Crippen molar-refractivity contribution in [3.63, 3.8) is 0 Å². The number of fused-ring (bicyclic) bond motifs is 1. The quantitative estimate of drug-likeness (QED) is 0.456. The first kappa shape index (κ1) is 8.69. The second-order valence-corrected chi connectivity index (χ2v) is 4.25. The van der Waals surface area contributed by atoms with E-state index in [2.05, 4.69) is 0 Å². The van der Waals surface area contributed by atoms with Crippen molar-refractivity contribution in [1.29, 1.82) is 0 Å². The van der Waals surface area contributed by atoms with E-state index in [1.165, 1.54) is 4.90 Å². The Labute approximate surface area is 76.5 Å². The fourth-order valence-electron chi connectivity index (χ4n) is 2.40. The maximum Gasteiger partial charge on any atom is 0.238 e. The minimum atomic E-state index is -1.03. The van der Waals surface area contributed by atoms with Gasteiger partial charge in [0.1, 0.15) is 17.4 Å². The fourth-order valence-corrected chi connectivity index (χ4v) is 2.40. The van der Waals surface area contributed by atoms with E-state index in [4.69, 9.17) is 0 Å². The van der Waals surface area contributed by atoms with Crippen molar-refractivity contribution in [2.24, 2.45) is 5.41 Å². The van der Waals surface area contributed by atoms with E-state index in [0.29, 0.717) is 19.3 Å². The van der Waals surface area contributed by atoms with Crippen LogP contribution in [0.25, 0.3) is 0 Å². The van der Waals surface area contributed by atoms with Crippen LogP contribution in [0.2, 0.25) is 0 Å². The van der Waals surface area contributed by atoms with Crippen molar-refractivity contribution in [3.05, 3.63) is 0 Å². The Morgan fingerprint density at radius 3 is 2.85 bits per heavy atom. The van der Waals surface area contributed by atoms with Crippen LogP contribution in [0.1, 0.15) is 26.2 Å². The van der Waals surface area contributed by atoms with Crippen molar-refractivity contribution in [1.82, 2.24) is 4.90 Å². The second kappa shape index (κ2) is 2.32. The Hall–Kier alpha value is -0.900. The first-order valence-corrected chi connectivity index (χ1v) is 4.53. The van der Waals surface area contributed by atoms with Crippen LogP contribution in [0.4, 0.5) is 0 Å². The lowest BCUT2D eigenvalue weighted by Gasteiger charge is -2.24. The van der Waals surface area contributed by atoms with Crippen LogP contribution >= 0.6 is 0 Å². The van der Waals surface area contributed by atoms with E-state index in [9.17, 15) is 14.7 Å². The average molecular weight is 183 g/mol. The van der Waals surface area contributed by atoms with Crippen molar-refractivity contribution in [3.8, 4) is 0 Å². The zero-order valence-corrected chi connectivity index (χ0v) is 7.62. The zero-order chi connectivity index (χ0) is 9.69. The lowest BCUT2D eigenvalue weighted by Crippen LogP contribution is -2.40. The molecule has 1 amide bonds. The van der Waals surface area contributed by atoms with E-state index in [1.54, 1.807) is 6.92 Å². The minimum absolute atomic E-state index is 0.220. The standard InChI is InChI=1S/C9H13NO3/c1-8(6-11)5-9(13)3-2-4-10(9)7(8)12/h6,13H,2-5H2,1H3/t8?,9-/m1/s1. The highest BCUT2D eigenvalue weighted by Gasteiger charge is 2.58. The number of nitrogens with zero attached hydrogens (tertiary/aromatic N) is 1. The maximum atomic E-state index is 11.7. The van der Waals surface area contributed by atoms with Crippen LogP contribution in [-0.4, -0.2) is 34.5 Å². The van der Waals surface area contributed by atoms with Crippen LogP contribution in [0.5, 0.6) is 0 Å². The number of carbonyl (C=O) groups excluding carboxylic acids is 2. The van der Waals surface area contributed by atoms with Gasteiger partial charge in [-0.1, -0.05) is 0 Å². The molecule has 2 saturated heterocycles. The summed E-state index contributed by atoms with van der Waals surface area (Å²) >= 11 is 0. The summed E-state index contributed by atoms with van der Waals surface area (Å²) in [6.07, 6.45) is 2.34. The van der Waals surface area contributed by atoms with Crippen molar-refractivity contribution in [2.75, 3.05) is 6.54 Å². The van der Waals surface area contributed by atoms with E-state index in [0.717, 1.165) is 6.42 Å². The van der Waals surface area contributed by atoms with Gasteiger partial charge in [0, 0.05) is 13.0 Å². The lowest BCUT2D eigenvalue weighted by molar-refractivity contribution is -0.143. The molecule has 0 aromatic rings. The van der Waals surface area contributed by atoms with E-state index in [-0.39, 0.29) is 12.3 Å². The molecule has 2 fully saturated rings. The minimum Gasteiger partial charge on any atom is -0.371 e. The van der Waals surface area contributed by atoms with Gasteiger partial charge in [0.25, 0.3) is 0 Å². The fraction of sp³-hybridized carbons (Fsp3) is 0.778. The van der Waals surface area contributed by atoms with E-state index < -0.39 is 11.1 Å². The third-order valence-corrected chi connectivity index (χ3v) is 3.11.